The number of rotatable bonds is 7. The van der Waals surface area contributed by atoms with E-state index in [4.69, 9.17) is 11.6 Å². The van der Waals surface area contributed by atoms with E-state index in [1.54, 1.807) is 6.20 Å². The highest BCUT2D eigenvalue weighted by Crippen LogP contribution is 2.06. The smallest absolute Gasteiger partial charge is 0.0534 e. The summed E-state index contributed by atoms with van der Waals surface area (Å²) in [6, 6.07) is 2.46. The van der Waals surface area contributed by atoms with Crippen LogP contribution >= 0.6 is 11.6 Å². The third kappa shape index (κ3) is 4.67. The van der Waals surface area contributed by atoms with Crippen molar-refractivity contribution in [1.29, 1.82) is 0 Å². The zero-order valence-electron chi connectivity index (χ0n) is 9.49. The van der Waals surface area contributed by atoms with Crippen molar-refractivity contribution in [2.45, 2.75) is 32.9 Å². The molecule has 0 fully saturated rings. The topological polar surface area (TPSA) is 29.9 Å². The predicted octanol–water partition coefficient (Wildman–Crippen LogP) is 2.13. The standard InChI is InChI=1S/C11H20ClN3/c1-10(2)11(4-5-12)13-7-9-15-8-3-6-14-15/h3,6,8,10-11,13H,4-5,7,9H2,1-2H3. The van der Waals surface area contributed by atoms with Crippen LogP contribution in [0, 0.1) is 5.92 Å². The molecule has 1 atom stereocenters. The van der Waals surface area contributed by atoms with E-state index < -0.39 is 0 Å². The van der Waals surface area contributed by atoms with Crippen LogP contribution in [0.15, 0.2) is 18.5 Å². The van der Waals surface area contributed by atoms with Gasteiger partial charge in [0.2, 0.25) is 0 Å². The zero-order chi connectivity index (χ0) is 11.1. The number of nitrogens with one attached hydrogen (secondary N) is 1. The van der Waals surface area contributed by atoms with E-state index >= 15 is 0 Å². The molecule has 0 saturated carbocycles. The molecule has 1 rings (SSSR count). The van der Waals surface area contributed by atoms with Gasteiger partial charge in [-0.25, -0.2) is 0 Å². The van der Waals surface area contributed by atoms with Crippen molar-refractivity contribution in [2.24, 2.45) is 5.92 Å². The molecule has 0 spiro atoms. The average molecular weight is 230 g/mol. The van der Waals surface area contributed by atoms with Crippen LogP contribution in [0.4, 0.5) is 0 Å². The zero-order valence-corrected chi connectivity index (χ0v) is 10.2. The first-order chi connectivity index (χ1) is 7.24. The molecule has 1 aromatic rings. The average Bonchev–Trinajstić information content (AvgIpc) is 2.69. The van der Waals surface area contributed by atoms with Crippen LogP contribution < -0.4 is 5.32 Å². The molecule has 4 heteroatoms. The second kappa shape index (κ2) is 6.85. The van der Waals surface area contributed by atoms with Crippen LogP contribution in [-0.2, 0) is 6.54 Å². The van der Waals surface area contributed by atoms with Crippen molar-refractivity contribution in [3.63, 3.8) is 0 Å². The molecule has 15 heavy (non-hydrogen) atoms. The van der Waals surface area contributed by atoms with Gasteiger partial charge in [0.15, 0.2) is 0 Å². The number of nitrogens with zero attached hydrogens (tertiary/aromatic N) is 2. The van der Waals surface area contributed by atoms with Crippen molar-refractivity contribution in [2.75, 3.05) is 12.4 Å². The van der Waals surface area contributed by atoms with E-state index in [1.807, 2.05) is 16.9 Å². The lowest BCUT2D eigenvalue weighted by atomic mass is 10.0. The fourth-order valence-electron chi connectivity index (χ4n) is 1.59. The first kappa shape index (κ1) is 12.5. The predicted molar refractivity (Wildman–Crippen MR) is 64.2 cm³/mol. The Bertz CT molecular complexity index is 246. The van der Waals surface area contributed by atoms with Crippen molar-refractivity contribution in [3.8, 4) is 0 Å². The van der Waals surface area contributed by atoms with Gasteiger partial charge in [-0.2, -0.15) is 5.10 Å². The third-order valence-electron chi connectivity index (χ3n) is 2.53. The van der Waals surface area contributed by atoms with Crippen molar-refractivity contribution in [1.82, 2.24) is 15.1 Å². The van der Waals surface area contributed by atoms with Crippen molar-refractivity contribution < 1.29 is 0 Å². The summed E-state index contributed by atoms with van der Waals surface area (Å²) in [6.07, 6.45) is 4.81. The van der Waals surface area contributed by atoms with Gasteiger partial charge in [0.1, 0.15) is 0 Å². The summed E-state index contributed by atoms with van der Waals surface area (Å²) in [7, 11) is 0. The molecule has 1 unspecified atom stereocenters. The number of aromatic nitrogens is 2. The SMILES string of the molecule is CC(C)C(CCCl)NCCn1cccn1. The first-order valence-corrected chi connectivity index (χ1v) is 6.04. The Morgan fingerprint density at radius 1 is 1.47 bits per heavy atom. The fraction of sp³-hybridized carbons (Fsp3) is 0.727. The molecule has 0 saturated heterocycles. The largest absolute Gasteiger partial charge is 0.312 e. The Labute approximate surface area is 96.8 Å². The number of hydrogen-bond acceptors (Lipinski definition) is 2. The van der Waals surface area contributed by atoms with E-state index in [-0.39, 0.29) is 0 Å². The van der Waals surface area contributed by atoms with Gasteiger partial charge in [0.25, 0.3) is 0 Å². The molecule has 0 radical (unpaired) electrons. The van der Waals surface area contributed by atoms with Crippen LogP contribution in [0.5, 0.6) is 0 Å². The van der Waals surface area contributed by atoms with Crippen LogP contribution in [0.3, 0.4) is 0 Å². The van der Waals surface area contributed by atoms with Crippen molar-refractivity contribution in [3.05, 3.63) is 18.5 Å². The Balaban J connectivity index is 2.22. The van der Waals surface area contributed by atoms with Crippen LogP contribution in [0.2, 0.25) is 0 Å². The van der Waals surface area contributed by atoms with Gasteiger partial charge in [0.05, 0.1) is 6.54 Å². The maximum absolute atomic E-state index is 5.76. The van der Waals surface area contributed by atoms with Gasteiger partial charge < -0.3 is 5.32 Å². The fourth-order valence-corrected chi connectivity index (χ4v) is 1.82. The molecule has 0 aliphatic carbocycles. The van der Waals surface area contributed by atoms with E-state index in [0.29, 0.717) is 12.0 Å². The summed E-state index contributed by atoms with van der Waals surface area (Å²) >= 11 is 5.76. The first-order valence-electron chi connectivity index (χ1n) is 5.51. The number of alkyl halides is 1. The molecular formula is C11H20ClN3. The lowest BCUT2D eigenvalue weighted by molar-refractivity contribution is 0.378. The molecule has 0 bridgehead atoms. The molecule has 1 aromatic heterocycles. The quantitative estimate of drug-likeness (QED) is 0.726. The lowest BCUT2D eigenvalue weighted by Crippen LogP contribution is -2.36. The highest BCUT2D eigenvalue weighted by molar-refractivity contribution is 6.17. The molecule has 86 valence electrons. The summed E-state index contributed by atoms with van der Waals surface area (Å²) in [5.74, 6) is 1.35. The molecule has 1 N–H and O–H groups in total. The lowest BCUT2D eigenvalue weighted by Gasteiger charge is -2.21. The Morgan fingerprint density at radius 3 is 2.80 bits per heavy atom. The molecule has 1 heterocycles. The van der Waals surface area contributed by atoms with Crippen LogP contribution in [0.1, 0.15) is 20.3 Å². The van der Waals surface area contributed by atoms with E-state index in [0.717, 1.165) is 25.4 Å². The van der Waals surface area contributed by atoms with Gasteiger partial charge in [-0.15, -0.1) is 11.6 Å². The van der Waals surface area contributed by atoms with Gasteiger partial charge in [-0.05, 0) is 18.4 Å². The normalized spacial score (nSPS) is 13.3. The molecule has 0 aromatic carbocycles. The summed E-state index contributed by atoms with van der Waals surface area (Å²) in [6.45, 7) is 6.30. The highest BCUT2D eigenvalue weighted by atomic mass is 35.5. The van der Waals surface area contributed by atoms with Crippen LogP contribution in [0.25, 0.3) is 0 Å². The Morgan fingerprint density at radius 2 is 2.27 bits per heavy atom. The maximum Gasteiger partial charge on any atom is 0.0534 e. The van der Waals surface area contributed by atoms with Gasteiger partial charge >= 0.3 is 0 Å². The minimum atomic E-state index is 0.512. The second-order valence-corrected chi connectivity index (χ2v) is 4.43. The minimum Gasteiger partial charge on any atom is -0.312 e. The molecule has 3 nitrogen and oxygen atoms in total. The maximum atomic E-state index is 5.76. The Hall–Kier alpha value is -0.540. The van der Waals surface area contributed by atoms with Gasteiger partial charge in [0, 0.05) is 30.9 Å². The molecule has 0 aliphatic rings. The highest BCUT2D eigenvalue weighted by Gasteiger charge is 2.11. The second-order valence-electron chi connectivity index (χ2n) is 4.05. The molecule has 0 aliphatic heterocycles. The minimum absolute atomic E-state index is 0.512. The van der Waals surface area contributed by atoms with Gasteiger partial charge in [-0.3, -0.25) is 4.68 Å². The summed E-state index contributed by atoms with van der Waals surface area (Å²) in [5.41, 5.74) is 0. The van der Waals surface area contributed by atoms with E-state index in [2.05, 4.69) is 24.3 Å². The van der Waals surface area contributed by atoms with E-state index in [9.17, 15) is 0 Å². The molecular weight excluding hydrogens is 210 g/mol. The monoisotopic (exact) mass is 229 g/mol. The Kier molecular flexibility index (Phi) is 5.73. The van der Waals surface area contributed by atoms with E-state index in [1.165, 1.54) is 0 Å². The summed E-state index contributed by atoms with van der Waals surface area (Å²) in [5, 5.41) is 7.67. The van der Waals surface area contributed by atoms with Crippen LogP contribution in [-0.4, -0.2) is 28.2 Å². The number of halogens is 1. The summed E-state index contributed by atoms with van der Waals surface area (Å²) in [4.78, 5) is 0. The number of hydrogen-bond donors (Lipinski definition) is 1. The van der Waals surface area contributed by atoms with Gasteiger partial charge in [-0.1, -0.05) is 13.8 Å². The summed E-state index contributed by atoms with van der Waals surface area (Å²) < 4.78 is 1.94. The third-order valence-corrected chi connectivity index (χ3v) is 2.75. The molecule has 0 amide bonds. The van der Waals surface area contributed by atoms with Crippen molar-refractivity contribution >= 4 is 11.6 Å².